The molecule has 0 fully saturated rings. The minimum atomic E-state index is -0.760. The molecule has 0 saturated carbocycles. The van der Waals surface area contributed by atoms with Crippen molar-refractivity contribution in [2.24, 2.45) is 0 Å². The fraction of sp³-hybridized carbons (Fsp3) is 0.154. The first-order valence-corrected chi connectivity index (χ1v) is 5.60. The van der Waals surface area contributed by atoms with Gasteiger partial charge in [0.15, 0.2) is 12.9 Å². The number of halogens is 1. The largest absolute Gasteiger partial charge is 0.450 e. The number of carbonyl (C=O) groups is 3. The van der Waals surface area contributed by atoms with Crippen LogP contribution in [0.4, 0.5) is 0 Å². The molecule has 1 aromatic carbocycles. The standard InChI is InChI=1S/C13H11ClO5/c1-8(2)13(17)18-7-12(16)19-10-4-3-9(6-15)11(14)5-10/h3-6H,1,7H2,2H3. The molecule has 100 valence electrons. The summed E-state index contributed by atoms with van der Waals surface area (Å²) in [5.74, 6) is -1.28. The summed E-state index contributed by atoms with van der Waals surface area (Å²) < 4.78 is 9.49. The first-order valence-electron chi connectivity index (χ1n) is 5.22. The zero-order valence-electron chi connectivity index (χ0n) is 10.1. The Hall–Kier alpha value is -2.14. The van der Waals surface area contributed by atoms with Crippen molar-refractivity contribution >= 4 is 29.8 Å². The highest BCUT2D eigenvalue weighted by atomic mass is 35.5. The Labute approximate surface area is 114 Å². The van der Waals surface area contributed by atoms with E-state index in [0.29, 0.717) is 6.29 Å². The molecular weight excluding hydrogens is 272 g/mol. The van der Waals surface area contributed by atoms with E-state index in [4.69, 9.17) is 16.3 Å². The van der Waals surface area contributed by atoms with Gasteiger partial charge in [-0.05, 0) is 19.1 Å². The number of esters is 2. The summed E-state index contributed by atoms with van der Waals surface area (Å²) in [5.41, 5.74) is 0.473. The molecule has 0 N–H and O–H groups in total. The highest BCUT2D eigenvalue weighted by Crippen LogP contribution is 2.21. The zero-order chi connectivity index (χ0) is 14.4. The number of hydrogen-bond donors (Lipinski definition) is 0. The van der Waals surface area contributed by atoms with E-state index in [2.05, 4.69) is 11.3 Å². The fourth-order valence-corrected chi connectivity index (χ4v) is 1.29. The maximum Gasteiger partial charge on any atom is 0.349 e. The first kappa shape index (κ1) is 14.9. The highest BCUT2D eigenvalue weighted by Gasteiger charge is 2.11. The van der Waals surface area contributed by atoms with Gasteiger partial charge in [-0.25, -0.2) is 9.59 Å². The smallest absolute Gasteiger partial charge is 0.349 e. The van der Waals surface area contributed by atoms with Crippen LogP contribution in [0.15, 0.2) is 30.4 Å². The van der Waals surface area contributed by atoms with Crippen molar-refractivity contribution in [3.63, 3.8) is 0 Å². The van der Waals surface area contributed by atoms with Crippen LogP contribution in [0.3, 0.4) is 0 Å². The molecule has 0 amide bonds. The molecule has 0 bridgehead atoms. The Morgan fingerprint density at radius 1 is 1.42 bits per heavy atom. The van der Waals surface area contributed by atoms with Gasteiger partial charge >= 0.3 is 11.9 Å². The lowest BCUT2D eigenvalue weighted by atomic mass is 10.2. The van der Waals surface area contributed by atoms with Gasteiger partial charge in [-0.1, -0.05) is 18.2 Å². The second-order valence-corrected chi connectivity index (χ2v) is 4.04. The molecule has 1 rings (SSSR count). The van der Waals surface area contributed by atoms with Crippen LogP contribution in [0, 0.1) is 0 Å². The van der Waals surface area contributed by atoms with E-state index < -0.39 is 18.5 Å². The zero-order valence-corrected chi connectivity index (χ0v) is 10.9. The highest BCUT2D eigenvalue weighted by molar-refractivity contribution is 6.33. The second kappa shape index (κ2) is 6.70. The lowest BCUT2D eigenvalue weighted by Gasteiger charge is -2.06. The van der Waals surface area contributed by atoms with Gasteiger partial charge in [-0.3, -0.25) is 4.79 Å². The van der Waals surface area contributed by atoms with Crippen molar-refractivity contribution in [1.29, 1.82) is 0 Å². The molecule has 0 unspecified atom stereocenters. The number of benzene rings is 1. The van der Waals surface area contributed by atoms with E-state index in [1.54, 1.807) is 0 Å². The number of carbonyl (C=O) groups excluding carboxylic acids is 3. The van der Waals surface area contributed by atoms with Gasteiger partial charge in [0.2, 0.25) is 0 Å². The van der Waals surface area contributed by atoms with E-state index in [1.165, 1.54) is 25.1 Å². The van der Waals surface area contributed by atoms with Crippen molar-refractivity contribution < 1.29 is 23.9 Å². The molecule has 19 heavy (non-hydrogen) atoms. The molecule has 0 aliphatic carbocycles. The summed E-state index contributed by atoms with van der Waals surface area (Å²) in [6.07, 6.45) is 0.586. The lowest BCUT2D eigenvalue weighted by molar-refractivity contribution is -0.150. The van der Waals surface area contributed by atoms with Crippen molar-refractivity contribution in [2.75, 3.05) is 6.61 Å². The van der Waals surface area contributed by atoms with Gasteiger partial charge in [0.25, 0.3) is 0 Å². The molecule has 0 aliphatic heterocycles. The Morgan fingerprint density at radius 3 is 2.63 bits per heavy atom. The van der Waals surface area contributed by atoms with Gasteiger partial charge < -0.3 is 9.47 Å². The van der Waals surface area contributed by atoms with Crippen molar-refractivity contribution in [1.82, 2.24) is 0 Å². The van der Waals surface area contributed by atoms with E-state index >= 15 is 0 Å². The van der Waals surface area contributed by atoms with Crippen LogP contribution in [0.2, 0.25) is 5.02 Å². The monoisotopic (exact) mass is 282 g/mol. The number of rotatable bonds is 5. The van der Waals surface area contributed by atoms with Crippen LogP contribution in [-0.2, 0) is 14.3 Å². The Bertz CT molecular complexity index is 536. The topological polar surface area (TPSA) is 69.7 Å². The summed E-state index contributed by atoms with van der Waals surface area (Å²) in [5, 5.41) is 0.166. The fourth-order valence-electron chi connectivity index (χ4n) is 1.08. The molecule has 0 radical (unpaired) electrons. The van der Waals surface area contributed by atoms with E-state index in [9.17, 15) is 14.4 Å². The third-order valence-corrected chi connectivity index (χ3v) is 2.33. The molecule has 0 heterocycles. The normalized spacial score (nSPS) is 9.58. The lowest BCUT2D eigenvalue weighted by Crippen LogP contribution is -2.19. The first-order chi connectivity index (χ1) is 8.93. The second-order valence-electron chi connectivity index (χ2n) is 3.63. The Morgan fingerprint density at radius 2 is 2.11 bits per heavy atom. The molecule has 0 saturated heterocycles. The predicted octanol–water partition coefficient (Wildman–Crippen LogP) is 2.18. The van der Waals surface area contributed by atoms with Crippen LogP contribution < -0.4 is 4.74 Å². The van der Waals surface area contributed by atoms with Gasteiger partial charge in [0.05, 0.1) is 5.02 Å². The van der Waals surface area contributed by atoms with Crippen molar-refractivity contribution in [2.45, 2.75) is 6.92 Å². The number of hydrogen-bond acceptors (Lipinski definition) is 5. The minimum absolute atomic E-state index is 0.159. The molecule has 0 aromatic heterocycles. The van der Waals surface area contributed by atoms with E-state index in [1.807, 2.05) is 0 Å². The summed E-state index contributed by atoms with van der Waals surface area (Å²) in [6.45, 7) is 4.31. The van der Waals surface area contributed by atoms with Crippen molar-refractivity contribution in [3.05, 3.63) is 40.9 Å². The van der Waals surface area contributed by atoms with Gasteiger partial charge in [0, 0.05) is 17.2 Å². The van der Waals surface area contributed by atoms with E-state index in [-0.39, 0.29) is 21.9 Å². The predicted molar refractivity (Wildman–Crippen MR) is 68.2 cm³/mol. The molecule has 5 nitrogen and oxygen atoms in total. The Balaban J connectivity index is 2.57. The molecule has 0 spiro atoms. The van der Waals surface area contributed by atoms with E-state index in [0.717, 1.165) is 0 Å². The third kappa shape index (κ3) is 4.56. The number of aldehydes is 1. The summed E-state index contributed by atoms with van der Waals surface area (Å²) in [6, 6.07) is 4.15. The van der Waals surface area contributed by atoms with Crippen LogP contribution in [-0.4, -0.2) is 24.8 Å². The summed E-state index contributed by atoms with van der Waals surface area (Å²) >= 11 is 5.76. The van der Waals surface area contributed by atoms with Crippen molar-refractivity contribution in [3.8, 4) is 5.75 Å². The Kier molecular flexibility index (Phi) is 5.26. The molecule has 1 aromatic rings. The molecular formula is C13H11ClO5. The van der Waals surface area contributed by atoms with Crippen LogP contribution >= 0.6 is 11.6 Å². The average Bonchev–Trinajstić information content (AvgIpc) is 2.36. The van der Waals surface area contributed by atoms with Crippen LogP contribution in [0.1, 0.15) is 17.3 Å². The SMILES string of the molecule is C=C(C)C(=O)OCC(=O)Oc1ccc(C=O)c(Cl)c1. The van der Waals surface area contributed by atoms with Gasteiger partial charge in [-0.2, -0.15) is 0 Å². The summed E-state index contributed by atoms with van der Waals surface area (Å²) in [7, 11) is 0. The van der Waals surface area contributed by atoms with Crippen LogP contribution in [0.25, 0.3) is 0 Å². The molecule has 0 aliphatic rings. The minimum Gasteiger partial charge on any atom is -0.450 e. The van der Waals surface area contributed by atoms with Crippen LogP contribution in [0.5, 0.6) is 5.75 Å². The summed E-state index contributed by atoms with van der Waals surface area (Å²) in [4.78, 5) is 33.0. The van der Waals surface area contributed by atoms with Gasteiger partial charge in [0.1, 0.15) is 5.75 Å². The maximum atomic E-state index is 11.4. The quantitative estimate of drug-likeness (QED) is 0.358. The van der Waals surface area contributed by atoms with Gasteiger partial charge in [-0.15, -0.1) is 0 Å². The molecule has 6 heteroatoms. The molecule has 0 atom stereocenters. The average molecular weight is 283 g/mol. The third-order valence-electron chi connectivity index (χ3n) is 2.00. The maximum absolute atomic E-state index is 11.4. The number of ether oxygens (including phenoxy) is 2.